The first kappa shape index (κ1) is 17.4. The Bertz CT molecular complexity index is 746. The number of carbonyl (C=O) groups is 2. The zero-order valence-electron chi connectivity index (χ0n) is 14.7. The first-order valence-corrected chi connectivity index (χ1v) is 8.46. The van der Waals surface area contributed by atoms with E-state index in [0.29, 0.717) is 6.54 Å². The average Bonchev–Trinajstić information content (AvgIpc) is 2.75. The molecule has 2 atom stereocenters. The van der Waals surface area contributed by atoms with Gasteiger partial charge in [-0.15, -0.1) is 0 Å². The highest BCUT2D eigenvalue weighted by molar-refractivity contribution is 6.39. The smallest absolute Gasteiger partial charge is 0.314 e. The van der Waals surface area contributed by atoms with Crippen LogP contribution in [0.15, 0.2) is 24.3 Å². The molecule has 1 aromatic carbocycles. The number of hydrogen-bond donors (Lipinski definition) is 1. The Morgan fingerprint density at radius 1 is 1.24 bits per heavy atom. The molecule has 2 aliphatic rings. The monoisotopic (exact) mass is 345 g/mol. The van der Waals surface area contributed by atoms with Gasteiger partial charge in [0.05, 0.1) is 4.92 Å². The molecule has 7 nitrogen and oxygen atoms in total. The third kappa shape index (κ3) is 3.36. The minimum Gasteiger partial charge on any atom is -0.331 e. The number of anilines is 1. The summed E-state index contributed by atoms with van der Waals surface area (Å²) in [6.07, 6.45) is 2.79. The SMILES string of the molecule is CC1(C)CC2CC(C)(CN2C(=O)C(=O)Nc2ccccc2[N+](=O)[O-])C1. The fourth-order valence-electron chi connectivity index (χ4n) is 4.74. The van der Waals surface area contributed by atoms with E-state index in [1.807, 2.05) is 0 Å². The lowest BCUT2D eigenvalue weighted by atomic mass is 9.65. The van der Waals surface area contributed by atoms with E-state index in [0.717, 1.165) is 19.3 Å². The Kier molecular flexibility index (Phi) is 4.05. The summed E-state index contributed by atoms with van der Waals surface area (Å²) >= 11 is 0. The second-order valence-electron chi connectivity index (χ2n) is 8.38. The number of hydrogen-bond acceptors (Lipinski definition) is 4. The van der Waals surface area contributed by atoms with Gasteiger partial charge in [0.15, 0.2) is 0 Å². The van der Waals surface area contributed by atoms with Crippen molar-refractivity contribution in [3.8, 4) is 0 Å². The summed E-state index contributed by atoms with van der Waals surface area (Å²) in [6, 6.07) is 5.88. The lowest BCUT2D eigenvalue weighted by Crippen LogP contribution is -2.43. The highest BCUT2D eigenvalue weighted by Crippen LogP contribution is 2.52. The summed E-state index contributed by atoms with van der Waals surface area (Å²) in [4.78, 5) is 37.2. The Labute approximate surface area is 146 Å². The maximum Gasteiger partial charge on any atom is 0.314 e. The largest absolute Gasteiger partial charge is 0.331 e. The maximum atomic E-state index is 12.7. The molecular weight excluding hydrogens is 322 g/mol. The molecule has 2 fully saturated rings. The Balaban J connectivity index is 1.76. The van der Waals surface area contributed by atoms with Gasteiger partial charge >= 0.3 is 11.8 Å². The molecule has 1 aliphatic carbocycles. The summed E-state index contributed by atoms with van der Waals surface area (Å²) in [7, 11) is 0. The first-order chi connectivity index (χ1) is 11.6. The summed E-state index contributed by atoms with van der Waals surface area (Å²) in [5.41, 5.74) is -0.0147. The molecule has 0 aromatic heterocycles. The van der Waals surface area contributed by atoms with E-state index in [2.05, 4.69) is 26.1 Å². The average molecular weight is 345 g/mol. The molecule has 0 radical (unpaired) electrons. The first-order valence-electron chi connectivity index (χ1n) is 8.46. The zero-order valence-corrected chi connectivity index (χ0v) is 14.7. The summed E-state index contributed by atoms with van der Waals surface area (Å²) in [6.45, 7) is 7.11. The van der Waals surface area contributed by atoms with Gasteiger partial charge in [-0.2, -0.15) is 0 Å². The molecule has 7 heteroatoms. The van der Waals surface area contributed by atoms with Crippen LogP contribution in [0.25, 0.3) is 0 Å². The fraction of sp³-hybridized carbons (Fsp3) is 0.556. The van der Waals surface area contributed by atoms with Crippen LogP contribution in [0.3, 0.4) is 0 Å². The topological polar surface area (TPSA) is 92.6 Å². The Morgan fingerprint density at radius 2 is 1.92 bits per heavy atom. The Morgan fingerprint density at radius 3 is 2.60 bits per heavy atom. The van der Waals surface area contributed by atoms with E-state index in [4.69, 9.17) is 0 Å². The van der Waals surface area contributed by atoms with Crippen LogP contribution in [0.1, 0.15) is 40.0 Å². The van der Waals surface area contributed by atoms with Gasteiger partial charge in [0, 0.05) is 18.7 Å². The third-order valence-corrected chi connectivity index (χ3v) is 5.22. The predicted molar refractivity (Wildman–Crippen MR) is 93.0 cm³/mol. The molecule has 1 saturated heterocycles. The van der Waals surface area contributed by atoms with Crippen LogP contribution in [-0.2, 0) is 9.59 Å². The number of fused-ring (bicyclic) bond motifs is 2. The van der Waals surface area contributed by atoms with E-state index in [-0.39, 0.29) is 28.2 Å². The normalized spacial score (nSPS) is 27.0. The van der Waals surface area contributed by atoms with E-state index in [9.17, 15) is 19.7 Å². The van der Waals surface area contributed by atoms with Gasteiger partial charge in [-0.1, -0.05) is 32.9 Å². The van der Waals surface area contributed by atoms with Crippen molar-refractivity contribution in [2.45, 2.75) is 46.1 Å². The molecular formula is C18H23N3O4. The lowest BCUT2D eigenvalue weighted by Gasteiger charge is -2.39. The number of amides is 2. The molecule has 1 aromatic rings. The zero-order chi connectivity index (χ0) is 18.4. The lowest BCUT2D eigenvalue weighted by molar-refractivity contribution is -0.383. The van der Waals surface area contributed by atoms with Crippen LogP contribution in [0.5, 0.6) is 0 Å². The van der Waals surface area contributed by atoms with Crippen LogP contribution >= 0.6 is 0 Å². The number of nitro groups is 1. The van der Waals surface area contributed by atoms with Crippen molar-refractivity contribution in [1.82, 2.24) is 4.90 Å². The van der Waals surface area contributed by atoms with E-state index in [1.54, 1.807) is 11.0 Å². The molecule has 1 saturated carbocycles. The van der Waals surface area contributed by atoms with Gasteiger partial charge in [0.25, 0.3) is 5.69 Å². The van der Waals surface area contributed by atoms with Crippen LogP contribution in [0.4, 0.5) is 11.4 Å². The molecule has 3 rings (SSSR count). The van der Waals surface area contributed by atoms with Crippen LogP contribution in [0, 0.1) is 20.9 Å². The van der Waals surface area contributed by atoms with Gasteiger partial charge in [0.2, 0.25) is 0 Å². The number of para-hydroxylation sites is 2. The van der Waals surface area contributed by atoms with Crippen LogP contribution < -0.4 is 5.32 Å². The number of rotatable bonds is 2. The summed E-state index contributed by atoms with van der Waals surface area (Å²) in [5, 5.41) is 13.5. The second kappa shape index (κ2) is 5.82. The Hall–Kier alpha value is -2.44. The molecule has 2 amide bonds. The molecule has 1 heterocycles. The van der Waals surface area contributed by atoms with Crippen LogP contribution in [0.2, 0.25) is 0 Å². The highest BCUT2D eigenvalue weighted by Gasteiger charge is 2.51. The van der Waals surface area contributed by atoms with Gasteiger partial charge < -0.3 is 10.2 Å². The van der Waals surface area contributed by atoms with Crippen molar-refractivity contribution in [3.63, 3.8) is 0 Å². The van der Waals surface area contributed by atoms with E-state index < -0.39 is 16.7 Å². The summed E-state index contributed by atoms with van der Waals surface area (Å²) in [5.74, 6) is -1.42. The second-order valence-corrected chi connectivity index (χ2v) is 8.38. The molecule has 2 unspecified atom stereocenters. The summed E-state index contributed by atoms with van der Waals surface area (Å²) < 4.78 is 0. The van der Waals surface area contributed by atoms with Crippen molar-refractivity contribution < 1.29 is 14.5 Å². The van der Waals surface area contributed by atoms with Crippen molar-refractivity contribution in [1.29, 1.82) is 0 Å². The minimum atomic E-state index is -0.816. The quantitative estimate of drug-likeness (QED) is 0.507. The van der Waals surface area contributed by atoms with Crippen LogP contribution in [-0.4, -0.2) is 34.2 Å². The van der Waals surface area contributed by atoms with Crippen molar-refractivity contribution in [2.24, 2.45) is 10.8 Å². The van der Waals surface area contributed by atoms with Crippen molar-refractivity contribution >= 4 is 23.2 Å². The maximum absolute atomic E-state index is 12.7. The third-order valence-electron chi connectivity index (χ3n) is 5.22. The number of nitrogens with zero attached hydrogens (tertiary/aromatic N) is 2. The fourth-order valence-corrected chi connectivity index (χ4v) is 4.74. The number of carbonyl (C=O) groups excluding carboxylic acids is 2. The molecule has 0 spiro atoms. The standard InChI is InChI=1S/C18H23N3O4/c1-17(2)8-12-9-18(3,10-17)11-20(12)16(23)15(22)19-13-6-4-5-7-14(13)21(24)25/h4-7,12H,8-11H2,1-3H3,(H,19,22). The highest BCUT2D eigenvalue weighted by atomic mass is 16.6. The van der Waals surface area contributed by atoms with Gasteiger partial charge in [-0.25, -0.2) is 0 Å². The predicted octanol–water partition coefficient (Wildman–Crippen LogP) is 2.96. The van der Waals surface area contributed by atoms with Crippen molar-refractivity contribution in [2.75, 3.05) is 11.9 Å². The number of likely N-dealkylation sites (tertiary alicyclic amines) is 1. The molecule has 2 bridgehead atoms. The number of benzene rings is 1. The van der Waals surface area contributed by atoms with Gasteiger partial charge in [0.1, 0.15) is 5.69 Å². The van der Waals surface area contributed by atoms with E-state index in [1.165, 1.54) is 18.2 Å². The minimum absolute atomic E-state index is 0.0289. The van der Waals surface area contributed by atoms with Gasteiger partial charge in [-0.05, 0) is 36.2 Å². The number of nitrogens with one attached hydrogen (secondary N) is 1. The number of nitro benzene ring substituents is 1. The van der Waals surface area contributed by atoms with Crippen molar-refractivity contribution in [3.05, 3.63) is 34.4 Å². The molecule has 1 N–H and O–H groups in total. The molecule has 25 heavy (non-hydrogen) atoms. The molecule has 134 valence electrons. The molecule has 1 aliphatic heterocycles. The van der Waals surface area contributed by atoms with Gasteiger partial charge in [-0.3, -0.25) is 19.7 Å². The van der Waals surface area contributed by atoms with E-state index >= 15 is 0 Å².